The maximum atomic E-state index is 4.39. The Balaban J connectivity index is 2.03. The van der Waals surface area contributed by atoms with Crippen LogP contribution in [0.5, 0.6) is 0 Å². The fourth-order valence-corrected chi connectivity index (χ4v) is 2.17. The smallest absolute Gasteiger partial charge is 0.0762 e. The lowest BCUT2D eigenvalue weighted by atomic mass is 9.96. The molecule has 1 N–H and O–H groups in total. The molecule has 0 spiro atoms. The Morgan fingerprint density at radius 2 is 1.89 bits per heavy atom. The highest BCUT2D eigenvalue weighted by Gasteiger charge is 2.14. The summed E-state index contributed by atoms with van der Waals surface area (Å²) in [7, 11) is 1.95. The highest BCUT2D eigenvalue weighted by atomic mass is 15.3. The van der Waals surface area contributed by atoms with E-state index in [0.717, 1.165) is 12.2 Å². The lowest BCUT2D eigenvalue weighted by Gasteiger charge is -2.22. The van der Waals surface area contributed by atoms with Gasteiger partial charge in [-0.1, -0.05) is 44.2 Å². The van der Waals surface area contributed by atoms with Crippen LogP contribution in [0, 0.1) is 5.92 Å². The first kappa shape index (κ1) is 12.8. The third-order valence-corrected chi connectivity index (χ3v) is 3.10. The summed E-state index contributed by atoms with van der Waals surface area (Å²) in [4.78, 5) is 0. The lowest BCUT2D eigenvalue weighted by Crippen LogP contribution is -2.25. The van der Waals surface area contributed by atoms with Gasteiger partial charge in [0.15, 0.2) is 0 Å². The highest BCUT2D eigenvalue weighted by Crippen LogP contribution is 2.21. The molecule has 0 fully saturated rings. The van der Waals surface area contributed by atoms with Crippen molar-refractivity contribution in [3.8, 4) is 0 Å². The molecule has 1 aromatic carbocycles. The van der Waals surface area contributed by atoms with E-state index in [1.807, 2.05) is 17.9 Å². The first-order valence-electron chi connectivity index (χ1n) is 6.43. The van der Waals surface area contributed by atoms with Crippen molar-refractivity contribution in [3.05, 3.63) is 53.9 Å². The molecule has 18 heavy (non-hydrogen) atoms. The maximum Gasteiger partial charge on any atom is 0.0762 e. The highest BCUT2D eigenvalue weighted by molar-refractivity contribution is 5.19. The van der Waals surface area contributed by atoms with E-state index in [1.54, 1.807) is 0 Å². The Kier molecular flexibility index (Phi) is 4.15. The van der Waals surface area contributed by atoms with E-state index < -0.39 is 0 Å². The van der Waals surface area contributed by atoms with Gasteiger partial charge in [-0.3, -0.25) is 4.68 Å². The fourth-order valence-electron chi connectivity index (χ4n) is 2.17. The first-order valence-corrected chi connectivity index (χ1v) is 6.43. The number of hydrogen-bond acceptors (Lipinski definition) is 2. The predicted octanol–water partition coefficient (Wildman–Crippen LogP) is 2.91. The summed E-state index contributed by atoms with van der Waals surface area (Å²) < 4.78 is 1.84. The molecule has 0 saturated heterocycles. The van der Waals surface area contributed by atoms with Gasteiger partial charge in [-0.2, -0.15) is 5.10 Å². The molecule has 0 aliphatic rings. The molecule has 0 aliphatic carbocycles. The standard InChI is InChI=1S/C15H21N3/c1-12(2)15(13-7-5-4-6-8-13)16-11-14-9-10-18(3)17-14/h4-10,12,15-16H,11H2,1-3H3. The summed E-state index contributed by atoms with van der Waals surface area (Å²) in [6.45, 7) is 5.28. The van der Waals surface area contributed by atoms with Crippen molar-refractivity contribution in [2.24, 2.45) is 13.0 Å². The summed E-state index contributed by atoms with van der Waals surface area (Å²) >= 11 is 0. The summed E-state index contributed by atoms with van der Waals surface area (Å²) in [5.41, 5.74) is 2.42. The minimum Gasteiger partial charge on any atom is -0.304 e. The maximum absolute atomic E-state index is 4.39. The van der Waals surface area contributed by atoms with E-state index in [9.17, 15) is 0 Å². The second-order valence-corrected chi connectivity index (χ2v) is 4.99. The minimum atomic E-state index is 0.369. The number of hydrogen-bond donors (Lipinski definition) is 1. The Morgan fingerprint density at radius 1 is 1.17 bits per heavy atom. The number of rotatable bonds is 5. The van der Waals surface area contributed by atoms with Gasteiger partial charge in [0.2, 0.25) is 0 Å². The molecule has 1 unspecified atom stereocenters. The minimum absolute atomic E-state index is 0.369. The van der Waals surface area contributed by atoms with Crippen molar-refractivity contribution < 1.29 is 0 Å². The van der Waals surface area contributed by atoms with Crippen LogP contribution in [-0.4, -0.2) is 9.78 Å². The predicted molar refractivity (Wildman–Crippen MR) is 74.1 cm³/mol. The summed E-state index contributed by atoms with van der Waals surface area (Å²) in [5, 5.41) is 7.98. The third-order valence-electron chi connectivity index (χ3n) is 3.10. The Hall–Kier alpha value is -1.61. The largest absolute Gasteiger partial charge is 0.304 e. The van der Waals surface area contributed by atoms with Crippen LogP contribution in [0.2, 0.25) is 0 Å². The zero-order valence-corrected chi connectivity index (χ0v) is 11.3. The van der Waals surface area contributed by atoms with Gasteiger partial charge >= 0.3 is 0 Å². The zero-order chi connectivity index (χ0) is 13.0. The van der Waals surface area contributed by atoms with E-state index in [1.165, 1.54) is 5.56 Å². The zero-order valence-electron chi connectivity index (χ0n) is 11.3. The molecular weight excluding hydrogens is 222 g/mol. The van der Waals surface area contributed by atoms with Crippen molar-refractivity contribution in [1.29, 1.82) is 0 Å². The summed E-state index contributed by atoms with van der Waals surface area (Å²) in [6.07, 6.45) is 1.98. The fraction of sp³-hybridized carbons (Fsp3) is 0.400. The van der Waals surface area contributed by atoms with E-state index >= 15 is 0 Å². The number of benzene rings is 1. The average molecular weight is 243 g/mol. The molecule has 2 rings (SSSR count). The van der Waals surface area contributed by atoms with E-state index in [0.29, 0.717) is 12.0 Å². The molecule has 1 atom stereocenters. The number of aryl methyl sites for hydroxylation is 1. The molecule has 2 aromatic rings. The van der Waals surface area contributed by atoms with Crippen molar-refractivity contribution in [3.63, 3.8) is 0 Å². The van der Waals surface area contributed by atoms with Crippen LogP contribution in [0.1, 0.15) is 31.1 Å². The van der Waals surface area contributed by atoms with Gasteiger partial charge in [-0.15, -0.1) is 0 Å². The molecule has 0 amide bonds. The third kappa shape index (κ3) is 3.20. The van der Waals surface area contributed by atoms with Gasteiger partial charge in [0.05, 0.1) is 5.69 Å². The van der Waals surface area contributed by atoms with Gasteiger partial charge < -0.3 is 5.32 Å². The number of aromatic nitrogens is 2. The van der Waals surface area contributed by atoms with Gasteiger partial charge in [0.1, 0.15) is 0 Å². The Bertz CT molecular complexity index is 473. The molecule has 3 heteroatoms. The van der Waals surface area contributed by atoms with Crippen LogP contribution in [-0.2, 0) is 13.6 Å². The Labute approximate surface area is 109 Å². The molecule has 3 nitrogen and oxygen atoms in total. The lowest BCUT2D eigenvalue weighted by molar-refractivity contribution is 0.407. The monoisotopic (exact) mass is 243 g/mol. The van der Waals surface area contributed by atoms with Gasteiger partial charge in [0.25, 0.3) is 0 Å². The van der Waals surface area contributed by atoms with Crippen LogP contribution in [0.15, 0.2) is 42.6 Å². The normalized spacial score (nSPS) is 12.9. The van der Waals surface area contributed by atoms with Crippen molar-refractivity contribution in [2.75, 3.05) is 0 Å². The average Bonchev–Trinajstić information content (AvgIpc) is 2.76. The van der Waals surface area contributed by atoms with E-state index in [-0.39, 0.29) is 0 Å². The molecule has 0 radical (unpaired) electrons. The van der Waals surface area contributed by atoms with Crippen LogP contribution >= 0.6 is 0 Å². The quantitative estimate of drug-likeness (QED) is 0.875. The Morgan fingerprint density at radius 3 is 2.44 bits per heavy atom. The van der Waals surface area contributed by atoms with Crippen molar-refractivity contribution >= 4 is 0 Å². The summed E-state index contributed by atoms with van der Waals surface area (Å²) in [6, 6.07) is 13.0. The molecule has 0 aliphatic heterocycles. The molecule has 1 heterocycles. The van der Waals surface area contributed by atoms with Gasteiger partial charge in [0, 0.05) is 25.8 Å². The van der Waals surface area contributed by atoms with Crippen molar-refractivity contribution in [1.82, 2.24) is 15.1 Å². The van der Waals surface area contributed by atoms with Crippen LogP contribution in [0.25, 0.3) is 0 Å². The first-order chi connectivity index (χ1) is 8.66. The number of nitrogens with zero attached hydrogens (tertiary/aromatic N) is 2. The van der Waals surface area contributed by atoms with E-state index in [2.05, 4.69) is 60.7 Å². The SMILES string of the molecule is CC(C)C(NCc1ccn(C)n1)c1ccccc1. The van der Waals surface area contributed by atoms with Crippen LogP contribution in [0.4, 0.5) is 0 Å². The van der Waals surface area contributed by atoms with Crippen molar-refractivity contribution in [2.45, 2.75) is 26.4 Å². The second kappa shape index (κ2) is 5.83. The van der Waals surface area contributed by atoms with Crippen LogP contribution in [0.3, 0.4) is 0 Å². The molecule has 96 valence electrons. The van der Waals surface area contributed by atoms with Gasteiger partial charge in [-0.25, -0.2) is 0 Å². The topological polar surface area (TPSA) is 29.9 Å². The summed E-state index contributed by atoms with van der Waals surface area (Å²) in [5.74, 6) is 0.552. The van der Waals surface area contributed by atoms with Gasteiger partial charge in [-0.05, 0) is 17.5 Å². The molecule has 0 saturated carbocycles. The molecule has 1 aromatic heterocycles. The van der Waals surface area contributed by atoms with E-state index in [4.69, 9.17) is 0 Å². The van der Waals surface area contributed by atoms with Crippen LogP contribution < -0.4 is 5.32 Å². The molecule has 0 bridgehead atoms. The second-order valence-electron chi connectivity index (χ2n) is 4.99. The molecular formula is C15H21N3. The number of nitrogens with one attached hydrogen (secondary N) is 1.